The van der Waals surface area contributed by atoms with E-state index in [-0.39, 0.29) is 17.6 Å². The number of aromatic carboxylic acids is 1. The minimum absolute atomic E-state index is 0.0604. The van der Waals surface area contributed by atoms with Crippen LogP contribution in [-0.4, -0.2) is 29.3 Å². The number of carbonyl (C=O) groups is 1. The molecular weight excluding hydrogens is 237 g/mol. The average Bonchev–Trinajstić information content (AvgIpc) is 3.08. The molecule has 98 valence electrons. The van der Waals surface area contributed by atoms with Crippen LogP contribution in [0.4, 0.5) is 10.1 Å². The Balaban J connectivity index is 2.07. The predicted octanol–water partition coefficient (Wildman–Crippen LogP) is 2.10. The maximum Gasteiger partial charge on any atom is 0.337 e. The lowest BCUT2D eigenvalue weighted by molar-refractivity contribution is 0.0697. The van der Waals surface area contributed by atoms with Gasteiger partial charge in [-0.15, -0.1) is 0 Å². The van der Waals surface area contributed by atoms with Crippen molar-refractivity contribution in [3.05, 3.63) is 29.6 Å². The van der Waals surface area contributed by atoms with Crippen molar-refractivity contribution in [1.82, 2.24) is 0 Å². The third-order valence-electron chi connectivity index (χ3n) is 3.47. The van der Waals surface area contributed by atoms with Gasteiger partial charge >= 0.3 is 5.97 Å². The van der Waals surface area contributed by atoms with Crippen molar-refractivity contribution in [2.24, 2.45) is 5.41 Å². The Kier molecular flexibility index (Phi) is 3.52. The topological polar surface area (TPSA) is 69.6 Å². The maximum atomic E-state index is 13.0. The van der Waals surface area contributed by atoms with Crippen molar-refractivity contribution in [3.63, 3.8) is 0 Å². The van der Waals surface area contributed by atoms with Crippen LogP contribution in [0.3, 0.4) is 0 Å². The van der Waals surface area contributed by atoms with Gasteiger partial charge in [-0.3, -0.25) is 0 Å². The Morgan fingerprint density at radius 3 is 2.72 bits per heavy atom. The number of hydrogen-bond acceptors (Lipinski definition) is 3. The van der Waals surface area contributed by atoms with E-state index in [9.17, 15) is 9.18 Å². The largest absolute Gasteiger partial charge is 0.478 e. The minimum Gasteiger partial charge on any atom is -0.478 e. The molecule has 0 bridgehead atoms. The molecule has 0 aromatic heterocycles. The molecule has 0 aliphatic heterocycles. The van der Waals surface area contributed by atoms with E-state index in [0.717, 1.165) is 18.9 Å². The van der Waals surface area contributed by atoms with Crippen LogP contribution in [0.1, 0.15) is 29.6 Å². The zero-order valence-corrected chi connectivity index (χ0v) is 9.95. The molecule has 1 fully saturated rings. The number of anilines is 1. The molecule has 4 nitrogen and oxygen atoms in total. The summed E-state index contributed by atoms with van der Waals surface area (Å²) in [5, 5.41) is 21.0. The van der Waals surface area contributed by atoms with Crippen LogP contribution in [0.25, 0.3) is 0 Å². The van der Waals surface area contributed by atoms with E-state index in [2.05, 4.69) is 5.32 Å². The summed E-state index contributed by atoms with van der Waals surface area (Å²) in [5.41, 5.74) is 0.446. The standard InChI is InChI=1S/C13H16FNO3/c14-9-1-2-11(10(7-9)12(17)18)15-8-13(3-4-13)5-6-16/h1-2,7,15-16H,3-6,8H2,(H,17,18). The summed E-state index contributed by atoms with van der Waals surface area (Å²) in [6.07, 6.45) is 2.78. The predicted molar refractivity (Wildman–Crippen MR) is 65.2 cm³/mol. The summed E-state index contributed by atoms with van der Waals surface area (Å²) in [7, 11) is 0. The Hall–Kier alpha value is -1.62. The highest BCUT2D eigenvalue weighted by atomic mass is 19.1. The molecular formula is C13H16FNO3. The molecule has 5 heteroatoms. The SMILES string of the molecule is O=C(O)c1cc(F)ccc1NCC1(CCO)CC1. The Labute approximate surface area is 104 Å². The minimum atomic E-state index is -1.15. The molecule has 2 rings (SSSR count). The Bertz CT molecular complexity index is 458. The van der Waals surface area contributed by atoms with Gasteiger partial charge in [0.1, 0.15) is 5.82 Å². The van der Waals surface area contributed by atoms with E-state index in [4.69, 9.17) is 10.2 Å². The fraction of sp³-hybridized carbons (Fsp3) is 0.462. The van der Waals surface area contributed by atoms with E-state index >= 15 is 0 Å². The number of aliphatic hydroxyl groups is 1. The number of hydrogen-bond donors (Lipinski definition) is 3. The third kappa shape index (κ3) is 2.79. The number of carboxylic acids is 1. The van der Waals surface area contributed by atoms with Gasteiger partial charge in [-0.25, -0.2) is 9.18 Å². The molecule has 0 heterocycles. The van der Waals surface area contributed by atoms with Crippen LogP contribution < -0.4 is 5.32 Å². The second kappa shape index (κ2) is 4.94. The smallest absolute Gasteiger partial charge is 0.337 e. The van der Waals surface area contributed by atoms with Crippen LogP contribution in [0, 0.1) is 11.2 Å². The second-order valence-corrected chi connectivity index (χ2v) is 4.82. The van der Waals surface area contributed by atoms with Gasteiger partial charge in [0, 0.05) is 18.8 Å². The average molecular weight is 253 g/mol. The summed E-state index contributed by atoms with van der Waals surface area (Å²) >= 11 is 0. The maximum absolute atomic E-state index is 13.0. The van der Waals surface area contributed by atoms with Crippen molar-refractivity contribution in [3.8, 4) is 0 Å². The van der Waals surface area contributed by atoms with Crippen molar-refractivity contribution in [2.45, 2.75) is 19.3 Å². The third-order valence-corrected chi connectivity index (χ3v) is 3.47. The first-order valence-electron chi connectivity index (χ1n) is 5.94. The van der Waals surface area contributed by atoms with Crippen LogP contribution in [-0.2, 0) is 0 Å². The highest BCUT2D eigenvalue weighted by Gasteiger charge is 2.41. The van der Waals surface area contributed by atoms with Crippen LogP contribution in [0.2, 0.25) is 0 Å². The molecule has 1 saturated carbocycles. The molecule has 0 unspecified atom stereocenters. The van der Waals surface area contributed by atoms with E-state index in [1.807, 2.05) is 0 Å². The number of carboxylic acid groups (broad SMARTS) is 1. The molecule has 1 aromatic rings. The van der Waals surface area contributed by atoms with E-state index in [1.165, 1.54) is 12.1 Å². The van der Waals surface area contributed by atoms with Gasteiger partial charge in [0.2, 0.25) is 0 Å². The van der Waals surface area contributed by atoms with E-state index < -0.39 is 11.8 Å². The molecule has 0 radical (unpaired) electrons. The zero-order chi connectivity index (χ0) is 13.2. The lowest BCUT2D eigenvalue weighted by Gasteiger charge is -2.16. The van der Waals surface area contributed by atoms with Crippen LogP contribution in [0.15, 0.2) is 18.2 Å². The molecule has 1 aromatic carbocycles. The van der Waals surface area contributed by atoms with Gasteiger partial charge in [0.05, 0.1) is 5.56 Å². The molecule has 0 spiro atoms. The van der Waals surface area contributed by atoms with E-state index in [0.29, 0.717) is 18.7 Å². The molecule has 1 aliphatic carbocycles. The number of rotatable bonds is 6. The lowest BCUT2D eigenvalue weighted by atomic mass is 10.0. The van der Waals surface area contributed by atoms with Crippen molar-refractivity contribution in [1.29, 1.82) is 0 Å². The summed E-state index contributed by atoms with van der Waals surface area (Å²) < 4.78 is 13.0. The first kappa shape index (κ1) is 12.8. The molecule has 18 heavy (non-hydrogen) atoms. The fourth-order valence-corrected chi connectivity index (χ4v) is 2.06. The number of nitrogens with one attached hydrogen (secondary N) is 1. The summed E-state index contributed by atoms with van der Waals surface area (Å²) in [5.74, 6) is -1.71. The number of aliphatic hydroxyl groups excluding tert-OH is 1. The van der Waals surface area contributed by atoms with Crippen molar-refractivity contribution >= 4 is 11.7 Å². The molecule has 0 atom stereocenters. The van der Waals surface area contributed by atoms with Gasteiger partial charge in [-0.1, -0.05) is 0 Å². The van der Waals surface area contributed by atoms with Gasteiger partial charge < -0.3 is 15.5 Å². The van der Waals surface area contributed by atoms with Gasteiger partial charge in [0.15, 0.2) is 0 Å². The fourth-order valence-electron chi connectivity index (χ4n) is 2.06. The first-order valence-corrected chi connectivity index (χ1v) is 5.94. The van der Waals surface area contributed by atoms with Crippen LogP contribution >= 0.6 is 0 Å². The number of benzene rings is 1. The summed E-state index contributed by atoms with van der Waals surface area (Å²) in [4.78, 5) is 11.0. The van der Waals surface area contributed by atoms with Crippen molar-refractivity contribution in [2.75, 3.05) is 18.5 Å². The zero-order valence-electron chi connectivity index (χ0n) is 9.95. The number of halogens is 1. The summed E-state index contributed by atoms with van der Waals surface area (Å²) in [6.45, 7) is 0.746. The quantitative estimate of drug-likeness (QED) is 0.726. The first-order chi connectivity index (χ1) is 8.56. The molecule has 3 N–H and O–H groups in total. The Morgan fingerprint density at radius 1 is 1.44 bits per heavy atom. The molecule has 0 amide bonds. The molecule has 1 aliphatic rings. The monoisotopic (exact) mass is 253 g/mol. The van der Waals surface area contributed by atoms with Gasteiger partial charge in [0.25, 0.3) is 0 Å². The lowest BCUT2D eigenvalue weighted by Crippen LogP contribution is -2.18. The normalized spacial score (nSPS) is 16.3. The highest BCUT2D eigenvalue weighted by Crippen LogP contribution is 2.48. The van der Waals surface area contributed by atoms with E-state index in [1.54, 1.807) is 0 Å². The van der Waals surface area contributed by atoms with Gasteiger partial charge in [-0.05, 0) is 42.9 Å². The summed E-state index contributed by atoms with van der Waals surface area (Å²) in [6, 6.07) is 3.69. The molecule has 0 saturated heterocycles. The Morgan fingerprint density at radius 2 is 2.17 bits per heavy atom. The highest BCUT2D eigenvalue weighted by molar-refractivity contribution is 5.94. The van der Waals surface area contributed by atoms with Gasteiger partial charge in [-0.2, -0.15) is 0 Å². The van der Waals surface area contributed by atoms with Crippen molar-refractivity contribution < 1.29 is 19.4 Å². The van der Waals surface area contributed by atoms with Crippen LogP contribution in [0.5, 0.6) is 0 Å². The second-order valence-electron chi connectivity index (χ2n) is 4.82.